The molecule has 0 atom stereocenters. The van der Waals surface area contributed by atoms with Crippen molar-refractivity contribution < 1.29 is 29.0 Å². The van der Waals surface area contributed by atoms with Crippen molar-refractivity contribution in [1.29, 1.82) is 0 Å². The first-order valence-electron chi connectivity index (χ1n) is 4.94. The number of rotatable bonds is 5. The van der Waals surface area contributed by atoms with Crippen molar-refractivity contribution in [2.24, 2.45) is 0 Å². The van der Waals surface area contributed by atoms with Crippen LogP contribution in [0.3, 0.4) is 0 Å². The maximum atomic E-state index is 11.4. The number of carboxylic acids is 1. The molecule has 0 spiro atoms. The second-order valence-electron chi connectivity index (χ2n) is 3.24. The molecule has 0 fully saturated rings. The van der Waals surface area contributed by atoms with Gasteiger partial charge in [0.15, 0.2) is 6.61 Å². The van der Waals surface area contributed by atoms with Crippen molar-refractivity contribution in [2.45, 2.75) is 0 Å². The van der Waals surface area contributed by atoms with E-state index in [-0.39, 0.29) is 17.1 Å². The molecule has 0 saturated carbocycles. The van der Waals surface area contributed by atoms with E-state index in [9.17, 15) is 14.4 Å². The minimum absolute atomic E-state index is 0.0974. The Morgan fingerprint density at radius 1 is 1.26 bits per heavy atom. The predicted molar refractivity (Wildman–Crippen MR) is 76.6 cm³/mol. The van der Waals surface area contributed by atoms with Gasteiger partial charge in [-0.25, -0.2) is 9.59 Å². The number of hydrogen-bond donors (Lipinski definition) is 2. The Morgan fingerprint density at radius 3 is 2.53 bits per heavy atom. The highest BCUT2D eigenvalue weighted by atomic mass is 127. The molecule has 0 aliphatic heterocycles. The number of carbonyl (C=O) groups excluding carboxylic acids is 2. The summed E-state index contributed by atoms with van der Waals surface area (Å²) in [7, 11) is 0. The molecule has 0 bridgehead atoms. The quantitative estimate of drug-likeness (QED) is 0.338. The van der Waals surface area contributed by atoms with Crippen molar-refractivity contribution in [3.05, 3.63) is 27.3 Å². The van der Waals surface area contributed by atoms with E-state index in [0.717, 1.165) is 0 Å². The molecule has 102 valence electrons. The van der Waals surface area contributed by atoms with E-state index in [0.29, 0.717) is 3.57 Å². The first-order chi connectivity index (χ1) is 8.93. The van der Waals surface area contributed by atoms with Crippen LogP contribution in [0.5, 0.6) is 5.75 Å². The molecule has 1 aromatic carbocycles. The van der Waals surface area contributed by atoms with Gasteiger partial charge in [0.2, 0.25) is 0 Å². The molecule has 1 rings (SSSR count). The van der Waals surface area contributed by atoms with Gasteiger partial charge >= 0.3 is 17.9 Å². The van der Waals surface area contributed by atoms with Crippen LogP contribution < -0.4 is 4.74 Å². The Bertz CT molecular complexity index is 516. The lowest BCUT2D eigenvalue weighted by Crippen LogP contribution is -2.20. The van der Waals surface area contributed by atoms with Gasteiger partial charge in [0.25, 0.3) is 0 Å². The van der Waals surface area contributed by atoms with Crippen molar-refractivity contribution in [2.75, 3.05) is 12.4 Å². The Labute approximate surface area is 127 Å². The van der Waals surface area contributed by atoms with Gasteiger partial charge in [-0.05, 0) is 40.8 Å². The fourth-order valence-corrected chi connectivity index (χ4v) is 1.68. The maximum Gasteiger partial charge on any atom is 0.349 e. The largest absolute Gasteiger partial charge is 0.478 e. The van der Waals surface area contributed by atoms with Gasteiger partial charge in [0.05, 0.1) is 5.75 Å². The van der Waals surface area contributed by atoms with E-state index >= 15 is 0 Å². The van der Waals surface area contributed by atoms with Crippen LogP contribution in [-0.2, 0) is 14.3 Å². The van der Waals surface area contributed by atoms with E-state index in [1.807, 2.05) is 22.6 Å². The summed E-state index contributed by atoms with van der Waals surface area (Å²) in [6.45, 7) is -0.593. The van der Waals surface area contributed by atoms with Crippen molar-refractivity contribution in [3.63, 3.8) is 0 Å². The van der Waals surface area contributed by atoms with Gasteiger partial charge in [-0.1, -0.05) is 0 Å². The zero-order chi connectivity index (χ0) is 14.4. The maximum absolute atomic E-state index is 11.4. The topological polar surface area (TPSA) is 89.9 Å². The summed E-state index contributed by atoms with van der Waals surface area (Å²) in [6.07, 6.45) is 0. The summed E-state index contributed by atoms with van der Waals surface area (Å²) in [4.78, 5) is 33.1. The third-order valence-electron chi connectivity index (χ3n) is 1.88. The summed E-state index contributed by atoms with van der Waals surface area (Å²) in [5.41, 5.74) is -0.138. The smallest absolute Gasteiger partial charge is 0.349 e. The van der Waals surface area contributed by atoms with Crippen LogP contribution in [0.4, 0.5) is 0 Å². The number of hydrogen-bond acceptors (Lipinski definition) is 6. The molecule has 0 saturated heterocycles. The van der Waals surface area contributed by atoms with Crippen LogP contribution in [-0.4, -0.2) is 35.4 Å². The minimum atomic E-state index is -1.21. The Kier molecular flexibility index (Phi) is 6.09. The third kappa shape index (κ3) is 5.07. The van der Waals surface area contributed by atoms with E-state index in [1.54, 1.807) is 6.07 Å². The number of aromatic carboxylic acids is 1. The predicted octanol–water partition coefficient (Wildman–Crippen LogP) is 1.37. The van der Waals surface area contributed by atoms with Gasteiger partial charge < -0.3 is 14.6 Å². The molecule has 1 aromatic rings. The molecule has 0 unspecified atom stereocenters. The zero-order valence-electron chi connectivity index (χ0n) is 9.46. The van der Waals surface area contributed by atoms with Crippen LogP contribution >= 0.6 is 35.2 Å². The molecule has 0 radical (unpaired) electrons. The fourth-order valence-electron chi connectivity index (χ4n) is 1.10. The molecule has 0 aliphatic rings. The summed E-state index contributed by atoms with van der Waals surface area (Å²) in [6, 6.07) is 4.32. The van der Waals surface area contributed by atoms with Crippen LogP contribution in [0, 0.1) is 3.57 Å². The SMILES string of the molecule is O=C(CS)OCC(=O)Oc1ccc(I)cc1C(=O)O. The van der Waals surface area contributed by atoms with Crippen molar-refractivity contribution >= 4 is 53.1 Å². The Morgan fingerprint density at radius 2 is 1.95 bits per heavy atom. The van der Waals surface area contributed by atoms with Crippen LogP contribution in [0.1, 0.15) is 10.4 Å². The molecule has 8 heteroatoms. The normalized spacial score (nSPS) is 9.79. The molecular weight excluding hydrogens is 387 g/mol. The number of ether oxygens (including phenoxy) is 2. The molecular formula is C11H9IO6S. The summed E-state index contributed by atoms with van der Waals surface area (Å²) in [5, 5.41) is 8.97. The van der Waals surface area contributed by atoms with Crippen molar-refractivity contribution in [1.82, 2.24) is 0 Å². The number of carbonyl (C=O) groups is 3. The van der Waals surface area contributed by atoms with E-state index in [2.05, 4.69) is 17.4 Å². The van der Waals surface area contributed by atoms with Gasteiger partial charge in [-0.3, -0.25) is 4.79 Å². The average molecular weight is 396 g/mol. The van der Waals surface area contributed by atoms with Crippen LogP contribution in [0.25, 0.3) is 0 Å². The first kappa shape index (κ1) is 15.8. The van der Waals surface area contributed by atoms with E-state index in [1.165, 1.54) is 12.1 Å². The summed E-state index contributed by atoms with van der Waals surface area (Å²) < 4.78 is 10.0. The van der Waals surface area contributed by atoms with Crippen LogP contribution in [0.15, 0.2) is 18.2 Å². The lowest BCUT2D eigenvalue weighted by molar-refractivity contribution is -0.151. The number of esters is 2. The molecule has 19 heavy (non-hydrogen) atoms. The lowest BCUT2D eigenvalue weighted by Gasteiger charge is -2.08. The minimum Gasteiger partial charge on any atom is -0.478 e. The molecule has 0 amide bonds. The highest BCUT2D eigenvalue weighted by molar-refractivity contribution is 14.1. The average Bonchev–Trinajstić information content (AvgIpc) is 2.37. The number of thiol groups is 1. The number of halogens is 1. The highest BCUT2D eigenvalue weighted by Gasteiger charge is 2.16. The summed E-state index contributed by atoms with van der Waals surface area (Å²) in [5.74, 6) is -2.99. The van der Waals surface area contributed by atoms with Crippen molar-refractivity contribution in [3.8, 4) is 5.75 Å². The first-order valence-corrected chi connectivity index (χ1v) is 6.65. The monoisotopic (exact) mass is 396 g/mol. The van der Waals surface area contributed by atoms with Gasteiger partial charge in [0, 0.05) is 3.57 Å². The Balaban J connectivity index is 2.74. The van der Waals surface area contributed by atoms with Gasteiger partial charge in [0.1, 0.15) is 11.3 Å². The van der Waals surface area contributed by atoms with E-state index < -0.39 is 24.5 Å². The summed E-state index contributed by atoms with van der Waals surface area (Å²) >= 11 is 5.60. The number of benzene rings is 1. The lowest BCUT2D eigenvalue weighted by atomic mass is 10.2. The zero-order valence-corrected chi connectivity index (χ0v) is 12.5. The van der Waals surface area contributed by atoms with Gasteiger partial charge in [-0.2, -0.15) is 12.6 Å². The van der Waals surface area contributed by atoms with E-state index in [4.69, 9.17) is 9.84 Å². The molecule has 0 aromatic heterocycles. The van der Waals surface area contributed by atoms with Crippen LogP contribution in [0.2, 0.25) is 0 Å². The molecule has 0 heterocycles. The molecule has 6 nitrogen and oxygen atoms in total. The third-order valence-corrected chi connectivity index (χ3v) is 2.81. The van der Waals surface area contributed by atoms with Gasteiger partial charge in [-0.15, -0.1) is 0 Å². The number of carboxylic acid groups (broad SMARTS) is 1. The highest BCUT2D eigenvalue weighted by Crippen LogP contribution is 2.21. The standard InChI is InChI=1S/C11H9IO6S/c12-6-1-2-8(7(3-6)11(15)16)18-9(13)4-17-10(14)5-19/h1-3,19H,4-5H2,(H,15,16). The fraction of sp³-hybridized carbons (Fsp3) is 0.182. The molecule has 1 N–H and O–H groups in total. The second kappa shape index (κ2) is 7.34. The Hall–Kier alpha value is -1.29. The molecule has 0 aliphatic carbocycles. The second-order valence-corrected chi connectivity index (χ2v) is 4.80.